The zero-order valence-electron chi connectivity index (χ0n) is 10.9. The quantitative estimate of drug-likeness (QED) is 0.818. The van der Waals surface area contributed by atoms with Gasteiger partial charge in [0, 0.05) is 18.4 Å². The van der Waals surface area contributed by atoms with Crippen LogP contribution < -0.4 is 5.73 Å². The van der Waals surface area contributed by atoms with E-state index in [2.05, 4.69) is 33.2 Å². The monoisotopic (exact) mass is 245 g/mol. The first-order valence-corrected chi connectivity index (χ1v) is 6.42. The predicted octanol–water partition coefficient (Wildman–Crippen LogP) is 1.13. The Kier molecular flexibility index (Phi) is 2.80. The number of fused-ring (bicyclic) bond motifs is 1. The Morgan fingerprint density at radius 3 is 3.11 bits per heavy atom. The Hall–Kier alpha value is -1.46. The number of hydrogen-bond acceptors (Lipinski definition) is 4. The lowest BCUT2D eigenvalue weighted by molar-refractivity contribution is 0.166. The molecule has 2 atom stereocenters. The van der Waals surface area contributed by atoms with Crippen LogP contribution in [-0.4, -0.2) is 38.9 Å². The van der Waals surface area contributed by atoms with Crippen molar-refractivity contribution in [2.75, 3.05) is 13.6 Å². The smallest absolute Gasteiger partial charge is 0.234 e. The maximum atomic E-state index is 6.12. The Bertz CT molecular complexity index is 562. The molecule has 2 N–H and O–H groups in total. The molecule has 1 saturated heterocycles. The van der Waals surface area contributed by atoms with Gasteiger partial charge in [0.05, 0.1) is 17.4 Å². The van der Waals surface area contributed by atoms with Crippen molar-refractivity contribution in [2.24, 2.45) is 5.73 Å². The van der Waals surface area contributed by atoms with Gasteiger partial charge in [-0.1, -0.05) is 0 Å². The van der Waals surface area contributed by atoms with Crippen LogP contribution in [0.25, 0.3) is 5.78 Å². The summed E-state index contributed by atoms with van der Waals surface area (Å²) in [4.78, 5) is 11.2. The van der Waals surface area contributed by atoms with Crippen LogP contribution in [-0.2, 0) is 0 Å². The number of aromatic nitrogens is 3. The summed E-state index contributed by atoms with van der Waals surface area (Å²) >= 11 is 0. The van der Waals surface area contributed by atoms with Crippen molar-refractivity contribution < 1.29 is 0 Å². The van der Waals surface area contributed by atoms with Crippen LogP contribution in [0, 0.1) is 6.92 Å². The second-order valence-corrected chi connectivity index (χ2v) is 5.15. The van der Waals surface area contributed by atoms with Crippen molar-refractivity contribution >= 4 is 5.78 Å². The second-order valence-electron chi connectivity index (χ2n) is 5.15. The van der Waals surface area contributed by atoms with Crippen LogP contribution in [0.5, 0.6) is 0 Å². The zero-order valence-corrected chi connectivity index (χ0v) is 10.9. The average molecular weight is 245 g/mol. The first-order valence-electron chi connectivity index (χ1n) is 6.42. The van der Waals surface area contributed by atoms with Crippen molar-refractivity contribution in [1.82, 2.24) is 19.3 Å². The summed E-state index contributed by atoms with van der Waals surface area (Å²) in [5, 5.41) is 0. The molecule has 1 aliphatic rings. The molecule has 0 amide bonds. The van der Waals surface area contributed by atoms with Crippen molar-refractivity contribution in [2.45, 2.75) is 31.8 Å². The maximum Gasteiger partial charge on any atom is 0.234 e. The highest BCUT2D eigenvalue weighted by Gasteiger charge is 2.29. The van der Waals surface area contributed by atoms with Crippen LogP contribution >= 0.6 is 0 Å². The van der Waals surface area contributed by atoms with Crippen LogP contribution in [0.4, 0.5) is 0 Å². The highest BCUT2D eigenvalue weighted by atomic mass is 15.2. The minimum absolute atomic E-state index is 0.285. The SMILES string of the molecule is Cc1nc2ncccn2c1C1CC(N)CCN1C. The molecule has 0 aromatic carbocycles. The van der Waals surface area contributed by atoms with Gasteiger partial charge in [-0.3, -0.25) is 9.30 Å². The van der Waals surface area contributed by atoms with Gasteiger partial charge in [0.15, 0.2) is 0 Å². The van der Waals surface area contributed by atoms with Crippen LogP contribution in [0.3, 0.4) is 0 Å². The summed E-state index contributed by atoms with van der Waals surface area (Å²) in [7, 11) is 2.16. The summed E-state index contributed by atoms with van der Waals surface area (Å²) in [5.41, 5.74) is 8.40. The van der Waals surface area contributed by atoms with E-state index in [1.807, 2.05) is 12.3 Å². The number of hydrogen-bond donors (Lipinski definition) is 1. The maximum absolute atomic E-state index is 6.12. The first kappa shape index (κ1) is 11.6. The van der Waals surface area contributed by atoms with E-state index in [-0.39, 0.29) is 6.04 Å². The largest absolute Gasteiger partial charge is 0.328 e. The van der Waals surface area contributed by atoms with Crippen molar-refractivity contribution in [1.29, 1.82) is 0 Å². The fraction of sp³-hybridized carbons (Fsp3) is 0.538. The number of rotatable bonds is 1. The van der Waals surface area contributed by atoms with Gasteiger partial charge in [0.25, 0.3) is 0 Å². The molecule has 5 heteroatoms. The van der Waals surface area contributed by atoms with Gasteiger partial charge in [-0.2, -0.15) is 0 Å². The fourth-order valence-electron chi connectivity index (χ4n) is 2.85. The van der Waals surface area contributed by atoms with E-state index in [9.17, 15) is 0 Å². The minimum Gasteiger partial charge on any atom is -0.328 e. The molecule has 18 heavy (non-hydrogen) atoms. The molecule has 1 aliphatic heterocycles. The van der Waals surface area contributed by atoms with Crippen LogP contribution in [0.15, 0.2) is 18.5 Å². The third-order valence-corrected chi connectivity index (χ3v) is 3.85. The molecule has 0 aliphatic carbocycles. The van der Waals surface area contributed by atoms with Gasteiger partial charge < -0.3 is 5.73 Å². The van der Waals surface area contributed by atoms with Gasteiger partial charge in [0.1, 0.15) is 0 Å². The molecule has 3 heterocycles. The first-order chi connectivity index (χ1) is 8.66. The number of piperidine rings is 1. The minimum atomic E-state index is 0.285. The molecular formula is C13H19N5. The van der Waals surface area contributed by atoms with Gasteiger partial charge in [-0.15, -0.1) is 0 Å². The molecule has 3 rings (SSSR count). The molecule has 5 nitrogen and oxygen atoms in total. The third kappa shape index (κ3) is 1.79. The Balaban J connectivity index is 2.10. The number of likely N-dealkylation sites (tertiary alicyclic amines) is 1. The standard InChI is InChI=1S/C13H19N5/c1-9-12(11-8-10(14)4-7-17(11)2)18-6-3-5-15-13(18)16-9/h3,5-6,10-11H,4,7-8,14H2,1-2H3. The molecular weight excluding hydrogens is 226 g/mol. The van der Waals surface area contributed by atoms with Crippen molar-refractivity contribution in [3.8, 4) is 0 Å². The van der Waals surface area contributed by atoms with E-state index in [1.54, 1.807) is 6.20 Å². The summed E-state index contributed by atoms with van der Waals surface area (Å²) in [6, 6.07) is 2.57. The van der Waals surface area contributed by atoms with E-state index < -0.39 is 0 Å². The molecule has 2 unspecified atom stereocenters. The zero-order chi connectivity index (χ0) is 12.7. The number of imidazole rings is 1. The highest BCUT2D eigenvalue weighted by molar-refractivity contribution is 5.36. The molecule has 2 aromatic heterocycles. The summed E-state index contributed by atoms with van der Waals surface area (Å²) in [6.45, 7) is 3.09. The second kappa shape index (κ2) is 4.33. The molecule has 1 fully saturated rings. The normalized spacial score (nSPS) is 25.7. The number of aryl methyl sites for hydroxylation is 1. The summed E-state index contributed by atoms with van der Waals surface area (Å²) in [5.74, 6) is 0.776. The molecule has 0 saturated carbocycles. The van der Waals surface area contributed by atoms with E-state index in [0.717, 1.165) is 30.9 Å². The Morgan fingerprint density at radius 2 is 2.28 bits per heavy atom. The Labute approximate surface area is 107 Å². The average Bonchev–Trinajstić information content (AvgIpc) is 2.68. The topological polar surface area (TPSA) is 59.5 Å². The van der Waals surface area contributed by atoms with Gasteiger partial charge in [0.2, 0.25) is 5.78 Å². The van der Waals surface area contributed by atoms with E-state index in [4.69, 9.17) is 5.73 Å². The highest BCUT2D eigenvalue weighted by Crippen LogP contribution is 2.31. The van der Waals surface area contributed by atoms with Gasteiger partial charge >= 0.3 is 0 Å². The molecule has 0 radical (unpaired) electrons. The molecule has 96 valence electrons. The summed E-state index contributed by atoms with van der Waals surface area (Å²) in [6.07, 6.45) is 5.87. The lowest BCUT2D eigenvalue weighted by Crippen LogP contribution is -2.40. The van der Waals surface area contributed by atoms with Crippen LogP contribution in [0.2, 0.25) is 0 Å². The fourth-order valence-corrected chi connectivity index (χ4v) is 2.85. The van der Waals surface area contributed by atoms with E-state index in [1.165, 1.54) is 5.69 Å². The lowest BCUT2D eigenvalue weighted by Gasteiger charge is -2.35. The van der Waals surface area contributed by atoms with Crippen molar-refractivity contribution in [3.63, 3.8) is 0 Å². The number of nitrogens with two attached hydrogens (primary N) is 1. The van der Waals surface area contributed by atoms with Crippen molar-refractivity contribution in [3.05, 3.63) is 29.8 Å². The van der Waals surface area contributed by atoms with E-state index in [0.29, 0.717) is 6.04 Å². The van der Waals surface area contributed by atoms with Crippen LogP contribution in [0.1, 0.15) is 30.3 Å². The lowest BCUT2D eigenvalue weighted by atomic mass is 9.95. The molecule has 2 aromatic rings. The Morgan fingerprint density at radius 1 is 1.44 bits per heavy atom. The van der Waals surface area contributed by atoms with E-state index >= 15 is 0 Å². The molecule has 0 spiro atoms. The predicted molar refractivity (Wildman–Crippen MR) is 70.3 cm³/mol. The van der Waals surface area contributed by atoms with Gasteiger partial charge in [-0.25, -0.2) is 9.97 Å². The van der Waals surface area contributed by atoms with Gasteiger partial charge in [-0.05, 0) is 39.4 Å². The molecule has 0 bridgehead atoms. The number of nitrogens with zero attached hydrogens (tertiary/aromatic N) is 4. The third-order valence-electron chi connectivity index (χ3n) is 3.85. The summed E-state index contributed by atoms with van der Waals surface area (Å²) < 4.78 is 2.09.